The molecule has 1 unspecified atom stereocenters. The van der Waals surface area contributed by atoms with E-state index in [0.29, 0.717) is 0 Å². The van der Waals surface area contributed by atoms with Gasteiger partial charge in [-0.1, -0.05) is 0 Å². The minimum atomic E-state index is -1.44. The molecule has 0 saturated heterocycles. The number of aliphatic hydroxyl groups excluding tert-OH is 1. The molecule has 18 heavy (non-hydrogen) atoms. The molecule has 0 spiro atoms. The Labute approximate surface area is 148 Å². The van der Waals surface area contributed by atoms with Crippen molar-refractivity contribution in [2.24, 2.45) is 5.73 Å². The minimum absolute atomic E-state index is 0. The Morgan fingerprint density at radius 3 is 1.67 bits per heavy atom. The van der Waals surface area contributed by atoms with Gasteiger partial charge in [0.25, 0.3) is 0 Å². The molecule has 0 fully saturated rings. The summed E-state index contributed by atoms with van der Waals surface area (Å²) in [6.45, 7) is 1.13. The predicted octanol–water partition coefficient (Wildman–Crippen LogP) is -9.95. The van der Waals surface area contributed by atoms with Crippen LogP contribution in [0.1, 0.15) is 19.8 Å². The van der Waals surface area contributed by atoms with E-state index in [1.54, 1.807) is 0 Å². The maximum Gasteiger partial charge on any atom is 1.00 e. The molecule has 2 atom stereocenters. The van der Waals surface area contributed by atoms with Crippen LogP contribution in [0.25, 0.3) is 0 Å². The van der Waals surface area contributed by atoms with Crippen LogP contribution in [0.4, 0.5) is 0 Å². The number of carbonyl (C=O) groups is 3. The van der Waals surface area contributed by atoms with Crippen LogP contribution >= 0.6 is 0 Å². The molecule has 0 aliphatic rings. The molecule has 0 aromatic rings. The maximum absolute atomic E-state index is 9.88. The van der Waals surface area contributed by atoms with Gasteiger partial charge in [-0.2, -0.15) is 0 Å². The van der Waals surface area contributed by atoms with Crippen LogP contribution in [0.5, 0.6) is 0 Å². The van der Waals surface area contributed by atoms with Gasteiger partial charge in [0.2, 0.25) is 0 Å². The summed E-state index contributed by atoms with van der Waals surface area (Å²) >= 11 is 0. The summed E-state index contributed by atoms with van der Waals surface area (Å²) in [5, 5.41) is 35.3. The molecule has 94 valence electrons. The van der Waals surface area contributed by atoms with E-state index >= 15 is 0 Å². The molecule has 4 N–H and O–H groups in total. The molecule has 0 saturated carbocycles. The summed E-state index contributed by atoms with van der Waals surface area (Å²) in [6, 6.07) is -1.17. The van der Waals surface area contributed by atoms with E-state index in [2.05, 4.69) is 0 Å². The normalized spacial score (nSPS) is 11.5. The average molecular weight is 281 g/mol. The first-order chi connectivity index (χ1) is 7.18. The van der Waals surface area contributed by atoms with Crippen molar-refractivity contribution in [1.29, 1.82) is 0 Å². The molecule has 8 nitrogen and oxygen atoms in total. The fourth-order valence-electron chi connectivity index (χ4n) is 0.397. The van der Waals surface area contributed by atoms with Gasteiger partial charge >= 0.3 is 65.1 Å². The van der Waals surface area contributed by atoms with Gasteiger partial charge in [-0.3, -0.25) is 4.79 Å². The van der Waals surface area contributed by atoms with Crippen molar-refractivity contribution in [1.82, 2.24) is 0 Å². The molecule has 0 amide bonds. The van der Waals surface area contributed by atoms with Crippen molar-refractivity contribution in [2.45, 2.75) is 31.9 Å². The Hall–Kier alpha value is 0.330. The molecule has 0 heterocycles. The second-order valence-electron chi connectivity index (χ2n) is 2.85. The van der Waals surface area contributed by atoms with Crippen LogP contribution in [-0.2, 0) is 14.4 Å². The monoisotopic (exact) mass is 281 g/mol. The van der Waals surface area contributed by atoms with Crippen molar-refractivity contribution in [3.63, 3.8) is 0 Å². The van der Waals surface area contributed by atoms with Crippen molar-refractivity contribution in [3.05, 3.63) is 0 Å². The fraction of sp³-hybridized carbons (Fsp3) is 0.625. The zero-order chi connectivity index (χ0) is 13.3. The third-order valence-corrected chi connectivity index (χ3v) is 1.31. The van der Waals surface area contributed by atoms with Crippen molar-refractivity contribution in [2.75, 3.05) is 0 Å². The van der Waals surface area contributed by atoms with E-state index in [4.69, 9.17) is 15.9 Å². The topological polar surface area (TPSA) is 164 Å². The summed E-state index contributed by atoms with van der Waals surface area (Å²) in [5.41, 5.74) is 4.94. The van der Waals surface area contributed by atoms with Gasteiger partial charge in [0.1, 0.15) is 0 Å². The summed E-state index contributed by atoms with van der Waals surface area (Å²) in [6.07, 6.45) is -1.67. The Kier molecular flexibility index (Phi) is 22.9. The molecule has 0 aliphatic carbocycles. The van der Waals surface area contributed by atoms with Crippen LogP contribution in [-0.4, -0.2) is 40.3 Å². The third kappa shape index (κ3) is 21.6. The molecule has 0 radical (unpaired) electrons. The standard InChI is InChI=1S/C5H9NO4.C3H6O3.2Na/c6-3(5(9)10)1-2-4(7)8;1-2(4)3(5)6;;/h3H,1-2,6H2,(H,7,8)(H,9,10);2,4H,1H3,(H,5,6);;/q;;2*+1/p-2/t3-;;;/m0.../s1. The van der Waals surface area contributed by atoms with E-state index in [1.165, 1.54) is 0 Å². The fourth-order valence-corrected chi connectivity index (χ4v) is 0.397. The summed E-state index contributed by atoms with van der Waals surface area (Å²) in [5.74, 6) is -3.91. The number of rotatable bonds is 5. The largest absolute Gasteiger partial charge is 1.00 e. The van der Waals surface area contributed by atoms with Gasteiger partial charge in [-0.05, 0) is 13.3 Å². The number of aliphatic carboxylic acids is 3. The van der Waals surface area contributed by atoms with E-state index in [1.807, 2.05) is 0 Å². The number of carbonyl (C=O) groups excluding carboxylic acids is 2. The van der Waals surface area contributed by atoms with Crippen LogP contribution < -0.4 is 75.1 Å². The number of nitrogens with two attached hydrogens (primary N) is 1. The molecule has 0 rings (SSSR count). The van der Waals surface area contributed by atoms with E-state index in [-0.39, 0.29) is 72.0 Å². The molecular formula is C8H13NNa2O7. The summed E-state index contributed by atoms with van der Waals surface area (Å²) in [4.78, 5) is 29.1. The van der Waals surface area contributed by atoms with Gasteiger partial charge in [-0.15, -0.1) is 0 Å². The summed E-state index contributed by atoms with van der Waals surface area (Å²) in [7, 11) is 0. The molecule has 0 bridgehead atoms. The van der Waals surface area contributed by atoms with Gasteiger partial charge in [0.15, 0.2) is 0 Å². The van der Waals surface area contributed by atoms with E-state index in [0.717, 1.165) is 6.92 Å². The van der Waals surface area contributed by atoms with Crippen molar-refractivity contribution >= 4 is 17.9 Å². The van der Waals surface area contributed by atoms with Gasteiger partial charge in [0, 0.05) is 12.5 Å². The van der Waals surface area contributed by atoms with Crippen molar-refractivity contribution in [3.8, 4) is 0 Å². The average Bonchev–Trinajstić information content (AvgIpc) is 2.14. The molecule has 10 heteroatoms. The van der Waals surface area contributed by atoms with Gasteiger partial charge < -0.3 is 35.7 Å². The van der Waals surface area contributed by atoms with Crippen LogP contribution in [0.3, 0.4) is 0 Å². The number of hydrogen-bond acceptors (Lipinski definition) is 7. The van der Waals surface area contributed by atoms with Crippen LogP contribution in [0, 0.1) is 0 Å². The first-order valence-electron chi connectivity index (χ1n) is 4.25. The van der Waals surface area contributed by atoms with E-state index in [9.17, 15) is 24.6 Å². The first-order valence-corrected chi connectivity index (χ1v) is 4.25. The zero-order valence-corrected chi connectivity index (χ0v) is 14.6. The minimum Gasteiger partial charge on any atom is -0.548 e. The quantitative estimate of drug-likeness (QED) is 0.418. The second kappa shape index (κ2) is 15.4. The number of hydrogen-bond donors (Lipinski definition) is 3. The molecule has 0 aromatic carbocycles. The van der Waals surface area contributed by atoms with Crippen LogP contribution in [0.15, 0.2) is 0 Å². The SMILES string of the molecule is CC(O)C(=O)[O-].N[C@@H](CCC(=O)O)C(=O)[O-].[Na+].[Na+]. The molecule has 0 aromatic heterocycles. The third-order valence-electron chi connectivity index (χ3n) is 1.31. The second-order valence-corrected chi connectivity index (χ2v) is 2.85. The Morgan fingerprint density at radius 1 is 1.17 bits per heavy atom. The number of aliphatic hydroxyl groups is 1. The number of carboxylic acids is 3. The van der Waals surface area contributed by atoms with Crippen molar-refractivity contribution < 1.29 is 93.9 Å². The summed E-state index contributed by atoms with van der Waals surface area (Å²) < 4.78 is 0. The maximum atomic E-state index is 9.88. The van der Waals surface area contributed by atoms with Crippen LogP contribution in [0.2, 0.25) is 0 Å². The Bertz CT molecular complexity index is 260. The first kappa shape index (κ1) is 26.8. The Morgan fingerprint density at radius 2 is 1.50 bits per heavy atom. The zero-order valence-electron chi connectivity index (χ0n) is 10.6. The Balaban J connectivity index is -0.000000108. The van der Waals surface area contributed by atoms with Gasteiger partial charge in [0.05, 0.1) is 18.0 Å². The molecular weight excluding hydrogens is 268 g/mol. The van der Waals surface area contributed by atoms with E-state index < -0.39 is 30.1 Å². The predicted molar refractivity (Wildman–Crippen MR) is 46.5 cm³/mol. The molecule has 0 aliphatic heterocycles. The number of carboxylic acid groups (broad SMARTS) is 3. The smallest absolute Gasteiger partial charge is 0.548 e. The van der Waals surface area contributed by atoms with Gasteiger partial charge in [-0.25, -0.2) is 0 Å².